The summed E-state index contributed by atoms with van der Waals surface area (Å²) in [5.41, 5.74) is 0.00811. The fourth-order valence-corrected chi connectivity index (χ4v) is 6.21. The fourth-order valence-electron chi connectivity index (χ4n) is 5.42. The molecule has 0 saturated carbocycles. The maximum atomic E-state index is 14.5. The van der Waals surface area contributed by atoms with E-state index in [1.54, 1.807) is 67.2 Å². The standard InChI is InChI=1S/C28H30N6O4S/c1-27(2,3)20-7-6-18(14-22(20)38-4)25(35)34-23(24-31-11-13-39-24)19(21-16-29-9-10-30-21)15-28(34,26(36)37)17-33-12-5-8-32-33/h5-14,16,19,23H,15,17H2,1-4H3,(H,36,37)/t19-,23-,28-/m1/s1. The van der Waals surface area contributed by atoms with Gasteiger partial charge in [-0.05, 0) is 35.6 Å². The largest absolute Gasteiger partial charge is 0.496 e. The number of thiazole rings is 1. The highest BCUT2D eigenvalue weighted by molar-refractivity contribution is 7.09. The Morgan fingerprint density at radius 2 is 2.00 bits per heavy atom. The van der Waals surface area contributed by atoms with Crippen LogP contribution in [0.5, 0.6) is 5.75 Å². The van der Waals surface area contributed by atoms with Gasteiger partial charge in [0.25, 0.3) is 5.91 Å². The van der Waals surface area contributed by atoms with E-state index in [9.17, 15) is 14.7 Å². The monoisotopic (exact) mass is 546 g/mol. The average molecular weight is 547 g/mol. The minimum absolute atomic E-state index is 0.0447. The predicted octanol–water partition coefficient (Wildman–Crippen LogP) is 4.33. The van der Waals surface area contributed by atoms with Gasteiger partial charge in [0.15, 0.2) is 5.54 Å². The van der Waals surface area contributed by atoms with Crippen LogP contribution < -0.4 is 4.74 Å². The zero-order valence-electron chi connectivity index (χ0n) is 22.2. The molecule has 1 aromatic carbocycles. The Balaban J connectivity index is 1.71. The molecule has 0 aliphatic carbocycles. The van der Waals surface area contributed by atoms with Gasteiger partial charge in [0.05, 0.1) is 25.4 Å². The first-order valence-electron chi connectivity index (χ1n) is 12.5. The Kier molecular flexibility index (Phi) is 6.94. The van der Waals surface area contributed by atoms with Crippen molar-refractivity contribution in [3.8, 4) is 5.75 Å². The van der Waals surface area contributed by atoms with Crippen molar-refractivity contribution in [2.75, 3.05) is 7.11 Å². The number of benzene rings is 1. The van der Waals surface area contributed by atoms with Gasteiger partial charge in [-0.15, -0.1) is 11.3 Å². The number of ether oxygens (including phenoxy) is 1. The fraction of sp³-hybridized carbons (Fsp3) is 0.357. The third-order valence-electron chi connectivity index (χ3n) is 7.20. The molecule has 1 aliphatic heterocycles. The van der Waals surface area contributed by atoms with E-state index < -0.39 is 29.4 Å². The Morgan fingerprint density at radius 3 is 2.59 bits per heavy atom. The summed E-state index contributed by atoms with van der Waals surface area (Å²) in [5.74, 6) is -1.46. The zero-order valence-corrected chi connectivity index (χ0v) is 23.0. The van der Waals surface area contributed by atoms with E-state index in [0.717, 1.165) is 5.56 Å². The van der Waals surface area contributed by atoms with E-state index in [0.29, 0.717) is 22.0 Å². The van der Waals surface area contributed by atoms with Gasteiger partial charge in [0.2, 0.25) is 0 Å². The van der Waals surface area contributed by atoms with E-state index >= 15 is 0 Å². The van der Waals surface area contributed by atoms with E-state index in [1.165, 1.54) is 16.2 Å². The number of carbonyl (C=O) groups excluding carboxylic acids is 1. The van der Waals surface area contributed by atoms with Crippen LogP contribution in [0.1, 0.15) is 65.8 Å². The first kappa shape index (κ1) is 26.5. The first-order chi connectivity index (χ1) is 18.7. The van der Waals surface area contributed by atoms with Crippen molar-refractivity contribution in [2.45, 2.75) is 56.7 Å². The molecule has 3 aromatic heterocycles. The number of aromatic nitrogens is 5. The number of methoxy groups -OCH3 is 1. The number of rotatable bonds is 7. The van der Waals surface area contributed by atoms with E-state index in [1.807, 2.05) is 11.4 Å². The summed E-state index contributed by atoms with van der Waals surface area (Å²) >= 11 is 1.38. The second-order valence-corrected chi connectivity index (χ2v) is 11.6. The molecule has 202 valence electrons. The SMILES string of the molecule is COc1cc(C(=O)N2[C@@H](c3nccs3)[C@@H](c3cnccn3)C[C@@]2(Cn2cccn2)C(=O)O)ccc1C(C)(C)C. The van der Waals surface area contributed by atoms with Crippen molar-refractivity contribution in [2.24, 2.45) is 0 Å². The van der Waals surface area contributed by atoms with Gasteiger partial charge in [-0.3, -0.25) is 19.4 Å². The van der Waals surface area contributed by atoms with E-state index in [-0.39, 0.29) is 18.4 Å². The molecule has 11 heteroatoms. The summed E-state index contributed by atoms with van der Waals surface area (Å²) in [7, 11) is 1.57. The lowest BCUT2D eigenvalue weighted by Gasteiger charge is -2.37. The Bertz CT molecular complexity index is 1450. The van der Waals surface area contributed by atoms with Crippen LogP contribution in [0.25, 0.3) is 0 Å². The van der Waals surface area contributed by atoms with Gasteiger partial charge >= 0.3 is 5.97 Å². The highest BCUT2D eigenvalue weighted by Gasteiger charge is 2.60. The normalized spacial score (nSPS) is 21.2. The summed E-state index contributed by atoms with van der Waals surface area (Å²) in [4.78, 5) is 42.6. The molecule has 1 amide bonds. The smallest absolute Gasteiger partial charge is 0.331 e. The molecule has 1 fully saturated rings. The minimum atomic E-state index is -1.64. The van der Waals surface area contributed by atoms with Gasteiger partial charge in [-0.1, -0.05) is 26.8 Å². The van der Waals surface area contributed by atoms with Crippen molar-refractivity contribution < 1.29 is 19.4 Å². The molecule has 10 nitrogen and oxygen atoms in total. The first-order valence-corrected chi connectivity index (χ1v) is 13.4. The van der Waals surface area contributed by atoms with Crippen LogP contribution in [0.3, 0.4) is 0 Å². The van der Waals surface area contributed by atoms with Crippen LogP contribution in [-0.2, 0) is 16.8 Å². The summed E-state index contributed by atoms with van der Waals surface area (Å²) < 4.78 is 7.22. The molecule has 39 heavy (non-hydrogen) atoms. The molecule has 3 atom stereocenters. The van der Waals surface area contributed by atoms with Crippen molar-refractivity contribution in [1.82, 2.24) is 29.6 Å². The van der Waals surface area contributed by atoms with E-state index in [4.69, 9.17) is 4.74 Å². The molecule has 1 saturated heterocycles. The molecule has 1 N–H and O–H groups in total. The Labute approximate surface area is 230 Å². The average Bonchev–Trinajstić information content (AvgIpc) is 3.69. The summed E-state index contributed by atoms with van der Waals surface area (Å²) in [6.45, 7) is 6.15. The Morgan fingerprint density at radius 1 is 1.18 bits per heavy atom. The van der Waals surface area contributed by atoms with Gasteiger partial charge in [0.1, 0.15) is 10.8 Å². The predicted molar refractivity (Wildman–Crippen MR) is 145 cm³/mol. The molecule has 0 unspecified atom stereocenters. The topological polar surface area (TPSA) is 123 Å². The molecule has 4 aromatic rings. The maximum absolute atomic E-state index is 14.5. The minimum Gasteiger partial charge on any atom is -0.496 e. The maximum Gasteiger partial charge on any atom is 0.331 e. The summed E-state index contributed by atoms with van der Waals surface area (Å²) in [6.07, 6.45) is 9.82. The van der Waals surface area contributed by atoms with Crippen LogP contribution in [0.4, 0.5) is 0 Å². The number of aliphatic carboxylic acids is 1. The number of carboxylic acids is 1. The van der Waals surface area contributed by atoms with Gasteiger partial charge in [-0.2, -0.15) is 5.10 Å². The second-order valence-electron chi connectivity index (χ2n) is 10.6. The third kappa shape index (κ3) is 4.78. The van der Waals surface area contributed by atoms with Gasteiger partial charge < -0.3 is 14.7 Å². The quantitative estimate of drug-likeness (QED) is 0.363. The highest BCUT2D eigenvalue weighted by Crippen LogP contribution is 2.53. The number of carbonyl (C=O) groups is 2. The second kappa shape index (κ2) is 10.2. The zero-order chi connectivity index (χ0) is 27.8. The lowest BCUT2D eigenvalue weighted by atomic mass is 9.85. The van der Waals surface area contributed by atoms with E-state index in [2.05, 4.69) is 40.8 Å². The molecule has 0 bridgehead atoms. The van der Waals surface area contributed by atoms with Gasteiger partial charge in [0, 0.05) is 54.0 Å². The van der Waals surface area contributed by atoms with Crippen LogP contribution in [0.2, 0.25) is 0 Å². The number of carboxylic acid groups (broad SMARTS) is 1. The molecule has 0 spiro atoms. The van der Waals surface area contributed by atoms with Crippen molar-refractivity contribution >= 4 is 23.2 Å². The molecule has 1 aliphatic rings. The molecular weight excluding hydrogens is 516 g/mol. The van der Waals surface area contributed by atoms with Crippen LogP contribution in [0, 0.1) is 0 Å². The van der Waals surface area contributed by atoms with Gasteiger partial charge in [-0.25, -0.2) is 9.78 Å². The molecule has 4 heterocycles. The third-order valence-corrected chi connectivity index (χ3v) is 8.05. The van der Waals surface area contributed by atoms with Crippen LogP contribution >= 0.6 is 11.3 Å². The molecular formula is C28H30N6O4S. The lowest BCUT2D eigenvalue weighted by molar-refractivity contribution is -0.150. The summed E-state index contributed by atoms with van der Waals surface area (Å²) in [5, 5.41) is 17.6. The van der Waals surface area contributed by atoms with Crippen molar-refractivity contribution in [3.05, 3.63) is 88.7 Å². The number of amides is 1. The number of hydrogen-bond donors (Lipinski definition) is 1. The van der Waals surface area contributed by atoms with Crippen LogP contribution in [-0.4, -0.2) is 59.3 Å². The van der Waals surface area contributed by atoms with Crippen molar-refractivity contribution in [3.63, 3.8) is 0 Å². The number of nitrogens with zero attached hydrogens (tertiary/aromatic N) is 6. The number of likely N-dealkylation sites (tertiary alicyclic amines) is 1. The Hall–Kier alpha value is -4.12. The lowest BCUT2D eigenvalue weighted by Crippen LogP contribution is -2.56. The number of hydrogen-bond acceptors (Lipinski definition) is 8. The molecule has 0 radical (unpaired) electrons. The highest BCUT2D eigenvalue weighted by atomic mass is 32.1. The molecule has 5 rings (SSSR count). The van der Waals surface area contributed by atoms with Crippen LogP contribution in [0.15, 0.2) is 66.8 Å². The van der Waals surface area contributed by atoms with Crippen molar-refractivity contribution in [1.29, 1.82) is 0 Å². The summed E-state index contributed by atoms with van der Waals surface area (Å²) in [6, 6.07) is 6.34.